The molecule has 1 amide bonds. The van der Waals surface area contributed by atoms with Gasteiger partial charge in [-0.3, -0.25) is 0 Å². The smallest absolute Gasteiger partial charge is 0.420 e. The number of aliphatic carboxylic acids is 1. The number of hydrogen-bond acceptors (Lipinski definition) is 6. The van der Waals surface area contributed by atoms with Gasteiger partial charge in [-0.1, -0.05) is 17.8 Å². The van der Waals surface area contributed by atoms with Crippen LogP contribution in [0.3, 0.4) is 0 Å². The molecule has 1 aromatic carbocycles. The van der Waals surface area contributed by atoms with E-state index < -0.39 is 17.7 Å². The minimum absolute atomic E-state index is 0.388. The van der Waals surface area contributed by atoms with E-state index >= 15 is 0 Å². The summed E-state index contributed by atoms with van der Waals surface area (Å²) in [6, 6.07) is 5.32. The SMILES string of the molecule is CC(C)(C)OC(=O)N1c2cc(C=CC(=O)O)ccc2Sc2nccnc21. The van der Waals surface area contributed by atoms with Crippen molar-refractivity contribution in [1.29, 1.82) is 0 Å². The number of ether oxygens (including phenoxy) is 1. The lowest BCUT2D eigenvalue weighted by Crippen LogP contribution is -2.35. The molecule has 0 spiro atoms. The van der Waals surface area contributed by atoms with E-state index in [0.717, 1.165) is 11.0 Å². The van der Waals surface area contributed by atoms with Crippen LogP contribution in [0.15, 0.2) is 46.6 Å². The Morgan fingerprint density at radius 2 is 1.96 bits per heavy atom. The Bertz CT molecular complexity index is 906. The number of hydrogen-bond donors (Lipinski definition) is 1. The number of carboxylic acids is 1. The minimum atomic E-state index is -1.04. The molecule has 0 unspecified atom stereocenters. The van der Waals surface area contributed by atoms with Gasteiger partial charge in [0.1, 0.15) is 10.6 Å². The van der Waals surface area contributed by atoms with Crippen LogP contribution in [-0.2, 0) is 9.53 Å². The van der Waals surface area contributed by atoms with Crippen LogP contribution in [0.1, 0.15) is 26.3 Å². The number of carbonyl (C=O) groups excluding carboxylic acids is 1. The maximum atomic E-state index is 12.8. The summed E-state index contributed by atoms with van der Waals surface area (Å²) in [7, 11) is 0. The minimum Gasteiger partial charge on any atom is -0.478 e. The number of nitrogens with zero attached hydrogens (tertiary/aromatic N) is 3. The van der Waals surface area contributed by atoms with Crippen LogP contribution < -0.4 is 4.90 Å². The monoisotopic (exact) mass is 371 g/mol. The van der Waals surface area contributed by atoms with Gasteiger partial charge in [-0.25, -0.2) is 24.5 Å². The Kier molecular flexibility index (Phi) is 4.69. The summed E-state index contributed by atoms with van der Waals surface area (Å²) in [4.78, 5) is 34.3. The zero-order valence-corrected chi connectivity index (χ0v) is 15.3. The Balaban J connectivity index is 2.08. The van der Waals surface area contributed by atoms with Crippen molar-refractivity contribution < 1.29 is 19.4 Å². The molecule has 2 heterocycles. The predicted octanol–water partition coefficient (Wildman–Crippen LogP) is 4.11. The molecule has 0 aliphatic carbocycles. The van der Waals surface area contributed by atoms with Crippen LogP contribution in [0, 0.1) is 0 Å². The number of carboxylic acid groups (broad SMARTS) is 1. The molecule has 26 heavy (non-hydrogen) atoms. The molecule has 0 saturated carbocycles. The van der Waals surface area contributed by atoms with E-state index in [1.165, 1.54) is 28.9 Å². The highest BCUT2D eigenvalue weighted by Crippen LogP contribution is 2.46. The summed E-state index contributed by atoms with van der Waals surface area (Å²) in [6.07, 6.45) is 5.01. The molecule has 3 rings (SSSR count). The van der Waals surface area contributed by atoms with Crippen molar-refractivity contribution in [3.8, 4) is 0 Å². The van der Waals surface area contributed by atoms with Crippen molar-refractivity contribution in [2.45, 2.75) is 36.3 Å². The highest BCUT2D eigenvalue weighted by molar-refractivity contribution is 7.99. The zero-order chi connectivity index (χ0) is 18.9. The quantitative estimate of drug-likeness (QED) is 0.794. The Hall–Kier alpha value is -2.87. The number of anilines is 2. The number of carbonyl (C=O) groups is 2. The summed E-state index contributed by atoms with van der Waals surface area (Å²) >= 11 is 1.39. The van der Waals surface area contributed by atoms with Gasteiger partial charge in [-0.15, -0.1) is 0 Å². The first-order valence-corrected chi connectivity index (χ1v) is 8.63. The summed E-state index contributed by atoms with van der Waals surface area (Å²) in [6.45, 7) is 5.36. The van der Waals surface area contributed by atoms with Gasteiger partial charge in [-0.2, -0.15) is 0 Å². The normalized spacial score (nSPS) is 13.3. The molecule has 0 radical (unpaired) electrons. The van der Waals surface area contributed by atoms with Crippen molar-refractivity contribution in [1.82, 2.24) is 9.97 Å². The van der Waals surface area contributed by atoms with E-state index in [1.54, 1.807) is 39.1 Å². The maximum Gasteiger partial charge on any atom is 0.420 e. The molecular formula is C18H17N3O4S. The summed E-state index contributed by atoms with van der Waals surface area (Å²) in [5.74, 6) is -0.657. The number of amides is 1. The van der Waals surface area contributed by atoms with Crippen molar-refractivity contribution in [3.05, 3.63) is 42.2 Å². The fourth-order valence-electron chi connectivity index (χ4n) is 2.32. The molecule has 8 heteroatoms. The average Bonchev–Trinajstić information content (AvgIpc) is 2.56. The third kappa shape index (κ3) is 3.85. The van der Waals surface area contributed by atoms with Crippen molar-refractivity contribution in [2.75, 3.05) is 4.90 Å². The summed E-state index contributed by atoms with van der Waals surface area (Å²) in [5, 5.41) is 9.41. The lowest BCUT2D eigenvalue weighted by Gasteiger charge is -2.31. The fourth-order valence-corrected chi connectivity index (χ4v) is 3.27. The molecule has 1 N–H and O–H groups in total. The van der Waals surface area contributed by atoms with E-state index in [9.17, 15) is 9.59 Å². The Morgan fingerprint density at radius 1 is 1.23 bits per heavy atom. The predicted molar refractivity (Wildman–Crippen MR) is 97.6 cm³/mol. The van der Waals surface area contributed by atoms with Gasteiger partial charge in [-0.05, 0) is 44.5 Å². The maximum absolute atomic E-state index is 12.8. The fraction of sp³-hybridized carbons (Fsp3) is 0.222. The van der Waals surface area contributed by atoms with E-state index in [-0.39, 0.29) is 0 Å². The second-order valence-corrected chi connectivity index (χ2v) is 7.53. The van der Waals surface area contributed by atoms with Crippen molar-refractivity contribution in [3.63, 3.8) is 0 Å². The second kappa shape index (κ2) is 6.80. The van der Waals surface area contributed by atoms with Crippen LogP contribution in [0.25, 0.3) is 6.08 Å². The molecule has 1 aliphatic heterocycles. The van der Waals surface area contributed by atoms with E-state index in [2.05, 4.69) is 9.97 Å². The number of rotatable bonds is 2. The first kappa shape index (κ1) is 17.9. The van der Waals surface area contributed by atoms with Gasteiger partial charge >= 0.3 is 12.1 Å². The van der Waals surface area contributed by atoms with Crippen LogP contribution >= 0.6 is 11.8 Å². The first-order valence-electron chi connectivity index (χ1n) is 7.81. The van der Waals surface area contributed by atoms with Gasteiger partial charge in [0.15, 0.2) is 5.82 Å². The standard InChI is InChI=1S/C18H17N3O4S/c1-18(2,3)25-17(24)21-12-10-11(5-7-14(22)23)4-6-13(12)26-16-15(21)19-8-9-20-16/h4-10H,1-3H3,(H,22,23). The first-order chi connectivity index (χ1) is 12.2. The van der Waals surface area contributed by atoms with Crippen molar-refractivity contribution in [2.24, 2.45) is 0 Å². The third-order valence-electron chi connectivity index (χ3n) is 3.28. The zero-order valence-electron chi connectivity index (χ0n) is 14.5. The highest BCUT2D eigenvalue weighted by atomic mass is 32.2. The molecule has 1 aromatic heterocycles. The molecule has 134 valence electrons. The van der Waals surface area contributed by atoms with Crippen LogP contribution in [-0.4, -0.2) is 32.7 Å². The molecular weight excluding hydrogens is 354 g/mol. The van der Waals surface area contributed by atoms with Gasteiger partial charge in [0, 0.05) is 23.4 Å². The van der Waals surface area contributed by atoms with Crippen LogP contribution in [0.4, 0.5) is 16.3 Å². The van der Waals surface area contributed by atoms with Gasteiger partial charge in [0.05, 0.1) is 5.69 Å². The number of fused-ring (bicyclic) bond motifs is 2. The molecule has 0 saturated heterocycles. The molecule has 0 atom stereocenters. The lowest BCUT2D eigenvalue weighted by molar-refractivity contribution is -0.131. The third-order valence-corrected chi connectivity index (χ3v) is 4.33. The van der Waals surface area contributed by atoms with Crippen LogP contribution in [0.2, 0.25) is 0 Å². The number of benzene rings is 1. The number of aromatic nitrogens is 2. The van der Waals surface area contributed by atoms with Gasteiger partial charge in [0.25, 0.3) is 0 Å². The lowest BCUT2D eigenvalue weighted by atomic mass is 10.1. The Labute approximate surface area is 154 Å². The largest absolute Gasteiger partial charge is 0.478 e. The summed E-state index contributed by atoms with van der Waals surface area (Å²) < 4.78 is 5.53. The topological polar surface area (TPSA) is 92.6 Å². The van der Waals surface area contributed by atoms with E-state index in [1.807, 2.05) is 6.07 Å². The van der Waals surface area contributed by atoms with Gasteiger partial charge < -0.3 is 9.84 Å². The molecule has 1 aliphatic rings. The second-order valence-electron chi connectivity index (χ2n) is 6.50. The summed E-state index contributed by atoms with van der Waals surface area (Å²) in [5.41, 5.74) is 0.544. The molecule has 0 fully saturated rings. The van der Waals surface area contributed by atoms with Crippen molar-refractivity contribution >= 4 is 41.4 Å². The molecule has 2 aromatic rings. The highest BCUT2D eigenvalue weighted by Gasteiger charge is 2.33. The van der Waals surface area contributed by atoms with Gasteiger partial charge in [0.2, 0.25) is 0 Å². The average molecular weight is 371 g/mol. The molecule has 0 bridgehead atoms. The molecule has 7 nitrogen and oxygen atoms in total. The van der Waals surface area contributed by atoms with E-state index in [4.69, 9.17) is 9.84 Å². The Morgan fingerprint density at radius 3 is 2.65 bits per heavy atom. The van der Waals surface area contributed by atoms with E-state index in [0.29, 0.717) is 22.1 Å². The van der Waals surface area contributed by atoms with Crippen LogP contribution in [0.5, 0.6) is 0 Å².